The molecule has 1 atom stereocenters. The zero-order valence-electron chi connectivity index (χ0n) is 18.7. The topological polar surface area (TPSA) is 103 Å². The summed E-state index contributed by atoms with van der Waals surface area (Å²) in [5.74, 6) is 1.15. The predicted molar refractivity (Wildman–Crippen MR) is 129 cm³/mol. The van der Waals surface area contributed by atoms with Crippen molar-refractivity contribution >= 4 is 40.2 Å². The van der Waals surface area contributed by atoms with E-state index in [-0.39, 0.29) is 5.91 Å². The lowest BCUT2D eigenvalue weighted by Crippen LogP contribution is -2.31. The number of nitrogens with zero attached hydrogens (tertiary/aromatic N) is 4. The quantitative estimate of drug-likeness (QED) is 0.439. The molecule has 0 bridgehead atoms. The molecule has 10 heteroatoms. The molecule has 2 aromatic carbocycles. The summed E-state index contributed by atoms with van der Waals surface area (Å²) in [6.45, 7) is 1.85. The van der Waals surface area contributed by atoms with E-state index in [1.165, 1.54) is 14.2 Å². The minimum Gasteiger partial charge on any atom is -0.495 e. The number of methoxy groups -OCH3 is 2. The van der Waals surface area contributed by atoms with Crippen LogP contribution in [0.5, 0.6) is 11.5 Å². The van der Waals surface area contributed by atoms with E-state index in [1.807, 2.05) is 41.8 Å². The molecule has 0 aliphatic carbocycles. The molecular formula is C24H21ClN6O3. The number of allylic oxidation sites excluding steroid dienone is 1. The SMILES string of the molecule is COc1cc(NC(=O)C2=C(C)Nc3nc4ccccc4n3[C@H]2c2ccnnc2)c(OC)cc1Cl. The summed E-state index contributed by atoms with van der Waals surface area (Å²) >= 11 is 6.23. The Morgan fingerprint density at radius 3 is 2.65 bits per heavy atom. The number of hydrogen-bond acceptors (Lipinski definition) is 7. The van der Waals surface area contributed by atoms with Gasteiger partial charge in [-0.3, -0.25) is 9.36 Å². The molecule has 9 nitrogen and oxygen atoms in total. The smallest absolute Gasteiger partial charge is 0.255 e. The fourth-order valence-electron chi connectivity index (χ4n) is 4.18. The van der Waals surface area contributed by atoms with Gasteiger partial charge in [0.15, 0.2) is 0 Å². The molecule has 1 aliphatic heterocycles. The number of fused-ring (bicyclic) bond motifs is 3. The Bertz CT molecular complexity index is 1430. The van der Waals surface area contributed by atoms with Crippen LogP contribution in [0.25, 0.3) is 11.0 Å². The Morgan fingerprint density at radius 2 is 1.91 bits per heavy atom. The molecule has 5 rings (SSSR count). The second-order valence-corrected chi connectivity index (χ2v) is 8.08. The number of carbonyl (C=O) groups is 1. The Balaban J connectivity index is 1.63. The van der Waals surface area contributed by atoms with Crippen LogP contribution >= 0.6 is 11.6 Å². The molecule has 172 valence electrons. The van der Waals surface area contributed by atoms with Crippen molar-refractivity contribution in [2.24, 2.45) is 0 Å². The first-order chi connectivity index (χ1) is 16.5. The monoisotopic (exact) mass is 476 g/mol. The summed E-state index contributed by atoms with van der Waals surface area (Å²) in [4.78, 5) is 18.5. The van der Waals surface area contributed by atoms with E-state index >= 15 is 0 Å². The number of carbonyl (C=O) groups excluding carboxylic acids is 1. The van der Waals surface area contributed by atoms with Crippen molar-refractivity contribution in [3.63, 3.8) is 0 Å². The summed E-state index contributed by atoms with van der Waals surface area (Å²) in [5, 5.41) is 14.6. The second-order valence-electron chi connectivity index (χ2n) is 7.68. The van der Waals surface area contributed by atoms with Gasteiger partial charge in [0.1, 0.15) is 11.5 Å². The molecular weight excluding hydrogens is 456 g/mol. The highest BCUT2D eigenvalue weighted by molar-refractivity contribution is 6.32. The highest BCUT2D eigenvalue weighted by atomic mass is 35.5. The lowest BCUT2D eigenvalue weighted by atomic mass is 9.95. The Morgan fingerprint density at radius 1 is 1.12 bits per heavy atom. The molecule has 1 aliphatic rings. The van der Waals surface area contributed by atoms with E-state index < -0.39 is 6.04 Å². The average Bonchev–Trinajstić information content (AvgIpc) is 3.22. The minimum atomic E-state index is -0.487. The fraction of sp³-hybridized carbons (Fsp3) is 0.167. The highest BCUT2D eigenvalue weighted by Crippen LogP contribution is 2.41. The van der Waals surface area contributed by atoms with Gasteiger partial charge >= 0.3 is 0 Å². The van der Waals surface area contributed by atoms with Crippen LogP contribution < -0.4 is 20.1 Å². The van der Waals surface area contributed by atoms with Gasteiger partial charge in [0, 0.05) is 29.6 Å². The van der Waals surface area contributed by atoms with Crippen LogP contribution in [0.15, 0.2) is 66.1 Å². The zero-order chi connectivity index (χ0) is 23.8. The zero-order valence-corrected chi connectivity index (χ0v) is 19.4. The molecule has 0 unspecified atom stereocenters. The molecule has 2 aromatic heterocycles. The van der Waals surface area contributed by atoms with Crippen LogP contribution in [0.2, 0.25) is 5.02 Å². The van der Waals surface area contributed by atoms with E-state index in [9.17, 15) is 4.79 Å². The number of anilines is 2. The van der Waals surface area contributed by atoms with Crippen LogP contribution in [0.4, 0.5) is 11.6 Å². The number of benzene rings is 2. The largest absolute Gasteiger partial charge is 0.495 e. The van der Waals surface area contributed by atoms with Crippen molar-refractivity contribution in [1.82, 2.24) is 19.7 Å². The van der Waals surface area contributed by atoms with Gasteiger partial charge in [-0.15, -0.1) is 0 Å². The van der Waals surface area contributed by atoms with Crippen molar-refractivity contribution in [3.8, 4) is 11.5 Å². The molecule has 1 amide bonds. The van der Waals surface area contributed by atoms with Crippen LogP contribution in [-0.4, -0.2) is 39.9 Å². The number of rotatable bonds is 5. The van der Waals surface area contributed by atoms with Gasteiger partial charge < -0.3 is 20.1 Å². The summed E-state index contributed by atoms with van der Waals surface area (Å²) < 4.78 is 12.7. The average molecular weight is 477 g/mol. The number of hydrogen-bond donors (Lipinski definition) is 2. The summed E-state index contributed by atoms with van der Waals surface area (Å²) in [6.07, 6.45) is 3.26. The van der Waals surface area contributed by atoms with E-state index in [4.69, 9.17) is 26.1 Å². The van der Waals surface area contributed by atoms with Gasteiger partial charge in [0.05, 0.1) is 53.8 Å². The Kier molecular flexibility index (Phi) is 5.54. The standard InChI is InChI=1S/C24H21ClN6O3/c1-13-21(23(32)29-17-11-19(33-2)15(25)10-20(17)34-3)22(14-8-9-26-27-12-14)31-18-7-5-4-6-16(18)30-24(31)28-13/h4-12,22H,1-3H3,(H,28,30)(H,29,32)/t22-/m0/s1. The van der Waals surface area contributed by atoms with Gasteiger partial charge in [-0.2, -0.15) is 10.2 Å². The highest BCUT2D eigenvalue weighted by Gasteiger charge is 2.34. The summed E-state index contributed by atoms with van der Waals surface area (Å²) in [6, 6.07) is 12.4. The van der Waals surface area contributed by atoms with Gasteiger partial charge in [-0.1, -0.05) is 23.7 Å². The first kappa shape index (κ1) is 21.7. The number of ether oxygens (including phenoxy) is 2. The van der Waals surface area contributed by atoms with Crippen molar-refractivity contribution in [1.29, 1.82) is 0 Å². The third-order valence-corrected chi connectivity index (χ3v) is 6.02. The number of imidazole rings is 1. The van der Waals surface area contributed by atoms with Crippen molar-refractivity contribution < 1.29 is 14.3 Å². The normalized spacial score (nSPS) is 15.0. The number of halogens is 1. The fourth-order valence-corrected chi connectivity index (χ4v) is 4.41. The number of para-hydroxylation sites is 2. The Hall–Kier alpha value is -4.11. The summed E-state index contributed by atoms with van der Waals surface area (Å²) in [5.41, 5.74) is 4.10. The lowest BCUT2D eigenvalue weighted by Gasteiger charge is -2.30. The number of amides is 1. The number of aromatic nitrogens is 4. The van der Waals surface area contributed by atoms with E-state index in [2.05, 4.69) is 20.8 Å². The van der Waals surface area contributed by atoms with E-state index in [1.54, 1.807) is 24.5 Å². The molecule has 34 heavy (non-hydrogen) atoms. The van der Waals surface area contributed by atoms with Gasteiger partial charge in [0.25, 0.3) is 5.91 Å². The number of nitrogens with one attached hydrogen (secondary N) is 2. The van der Waals surface area contributed by atoms with Crippen molar-refractivity contribution in [3.05, 3.63) is 76.7 Å². The van der Waals surface area contributed by atoms with Crippen LogP contribution in [-0.2, 0) is 4.79 Å². The molecule has 0 saturated carbocycles. The van der Waals surface area contributed by atoms with Crippen molar-refractivity contribution in [2.45, 2.75) is 13.0 Å². The molecule has 4 aromatic rings. The second kappa shape index (κ2) is 8.68. The minimum absolute atomic E-state index is 0.321. The molecule has 0 saturated heterocycles. The predicted octanol–water partition coefficient (Wildman–Crippen LogP) is 4.42. The van der Waals surface area contributed by atoms with E-state index in [0.717, 1.165) is 16.6 Å². The van der Waals surface area contributed by atoms with Crippen molar-refractivity contribution in [2.75, 3.05) is 24.9 Å². The van der Waals surface area contributed by atoms with Gasteiger partial charge in [-0.05, 0) is 25.1 Å². The summed E-state index contributed by atoms with van der Waals surface area (Å²) in [7, 11) is 3.02. The third-order valence-electron chi connectivity index (χ3n) is 5.72. The van der Waals surface area contributed by atoms with Gasteiger partial charge in [-0.25, -0.2) is 4.98 Å². The lowest BCUT2D eigenvalue weighted by molar-refractivity contribution is -0.113. The maximum atomic E-state index is 13.8. The molecule has 0 fully saturated rings. The first-order valence-corrected chi connectivity index (χ1v) is 10.8. The Labute approximate surface area is 200 Å². The molecule has 0 radical (unpaired) electrons. The van der Waals surface area contributed by atoms with E-state index in [0.29, 0.717) is 39.4 Å². The molecule has 2 N–H and O–H groups in total. The molecule has 0 spiro atoms. The van der Waals surface area contributed by atoms with Crippen LogP contribution in [0.3, 0.4) is 0 Å². The first-order valence-electron chi connectivity index (χ1n) is 10.5. The molecule has 3 heterocycles. The van der Waals surface area contributed by atoms with Crippen LogP contribution in [0.1, 0.15) is 18.5 Å². The van der Waals surface area contributed by atoms with Gasteiger partial charge in [0.2, 0.25) is 5.95 Å². The van der Waals surface area contributed by atoms with Crippen LogP contribution in [0, 0.1) is 0 Å². The third kappa shape index (κ3) is 3.60. The maximum absolute atomic E-state index is 13.8. The maximum Gasteiger partial charge on any atom is 0.255 e.